The first-order valence-electron chi connectivity index (χ1n) is 7.06. The molecule has 0 amide bonds. The molecule has 1 aliphatic heterocycles. The monoisotopic (exact) mass is 266 g/mol. The van der Waals surface area contributed by atoms with Crippen LogP contribution in [0.4, 0.5) is 0 Å². The van der Waals surface area contributed by atoms with Crippen molar-refractivity contribution in [1.29, 1.82) is 0 Å². The molecule has 1 heterocycles. The quantitative estimate of drug-likeness (QED) is 0.514. The summed E-state index contributed by atoms with van der Waals surface area (Å²) >= 11 is 0. The standard InChI is InChI=1S/C15H22O4/c1-8-10-9(16)7-14(2)5-4-6-15(3,18)12(14)11(10)19-13(8)17/h9-12,16,18H,1,4-7H2,2-3H3. The number of ether oxygens (including phenoxy) is 1. The molecule has 3 rings (SSSR count). The number of rotatable bonds is 0. The highest BCUT2D eigenvalue weighted by atomic mass is 16.6. The van der Waals surface area contributed by atoms with Gasteiger partial charge in [0.15, 0.2) is 0 Å². The second-order valence-corrected chi connectivity index (χ2v) is 7.03. The Labute approximate surface area is 113 Å². The van der Waals surface area contributed by atoms with Gasteiger partial charge in [-0.3, -0.25) is 0 Å². The largest absolute Gasteiger partial charge is 0.458 e. The molecule has 1 saturated heterocycles. The number of carbonyl (C=O) groups excluding carboxylic acids is 1. The third kappa shape index (κ3) is 1.69. The lowest BCUT2D eigenvalue weighted by atomic mass is 9.51. The van der Waals surface area contributed by atoms with Gasteiger partial charge in [0.05, 0.1) is 17.6 Å². The molecule has 0 aromatic rings. The fourth-order valence-electron chi connectivity index (χ4n) is 4.83. The van der Waals surface area contributed by atoms with E-state index < -0.39 is 23.8 Å². The molecule has 3 aliphatic rings. The predicted molar refractivity (Wildman–Crippen MR) is 69.2 cm³/mol. The van der Waals surface area contributed by atoms with Crippen molar-refractivity contribution in [2.75, 3.05) is 0 Å². The SMILES string of the molecule is C=C1C(=O)OC2C1C(O)CC1(C)CCCC(C)(O)C21. The van der Waals surface area contributed by atoms with Gasteiger partial charge in [-0.1, -0.05) is 19.9 Å². The molecular weight excluding hydrogens is 244 g/mol. The van der Waals surface area contributed by atoms with Gasteiger partial charge >= 0.3 is 5.97 Å². The third-order valence-electron chi connectivity index (χ3n) is 5.53. The van der Waals surface area contributed by atoms with Crippen LogP contribution in [0.1, 0.15) is 39.5 Å². The maximum Gasteiger partial charge on any atom is 0.334 e. The summed E-state index contributed by atoms with van der Waals surface area (Å²) in [6.07, 6.45) is 2.20. The molecule has 3 fully saturated rings. The van der Waals surface area contributed by atoms with Crippen molar-refractivity contribution in [2.24, 2.45) is 17.3 Å². The Morgan fingerprint density at radius 3 is 2.74 bits per heavy atom. The second kappa shape index (κ2) is 3.83. The molecular formula is C15H22O4. The van der Waals surface area contributed by atoms with Crippen molar-refractivity contribution in [2.45, 2.75) is 57.3 Å². The summed E-state index contributed by atoms with van der Waals surface area (Å²) in [5, 5.41) is 21.1. The minimum absolute atomic E-state index is 0.120. The Morgan fingerprint density at radius 2 is 2.05 bits per heavy atom. The average molecular weight is 266 g/mol. The van der Waals surface area contributed by atoms with Gasteiger partial charge in [-0.2, -0.15) is 0 Å². The topological polar surface area (TPSA) is 66.8 Å². The van der Waals surface area contributed by atoms with E-state index in [0.29, 0.717) is 12.0 Å². The third-order valence-corrected chi connectivity index (χ3v) is 5.53. The number of aliphatic hydroxyl groups excluding tert-OH is 1. The highest BCUT2D eigenvalue weighted by Crippen LogP contribution is 2.58. The normalized spacial score (nSPS) is 53.5. The molecule has 2 saturated carbocycles. The van der Waals surface area contributed by atoms with Crippen LogP contribution in [0, 0.1) is 17.3 Å². The Hall–Kier alpha value is -0.870. The van der Waals surface area contributed by atoms with Crippen molar-refractivity contribution in [3.05, 3.63) is 12.2 Å². The number of esters is 1. The lowest BCUT2D eigenvalue weighted by molar-refractivity contribution is -0.197. The van der Waals surface area contributed by atoms with Crippen LogP contribution >= 0.6 is 0 Å². The number of hydrogen-bond acceptors (Lipinski definition) is 4. The fourth-order valence-corrected chi connectivity index (χ4v) is 4.83. The number of fused-ring (bicyclic) bond motifs is 3. The second-order valence-electron chi connectivity index (χ2n) is 7.03. The van der Waals surface area contributed by atoms with Crippen LogP contribution in [0.2, 0.25) is 0 Å². The lowest BCUT2D eigenvalue weighted by Crippen LogP contribution is -2.60. The van der Waals surface area contributed by atoms with Crippen LogP contribution in [0.15, 0.2) is 12.2 Å². The Morgan fingerprint density at radius 1 is 1.37 bits per heavy atom. The number of hydrogen-bond donors (Lipinski definition) is 2. The van der Waals surface area contributed by atoms with Crippen molar-refractivity contribution in [3.63, 3.8) is 0 Å². The molecule has 4 heteroatoms. The summed E-state index contributed by atoms with van der Waals surface area (Å²) in [5.41, 5.74) is -0.658. The summed E-state index contributed by atoms with van der Waals surface area (Å²) in [6, 6.07) is 0. The van der Waals surface area contributed by atoms with E-state index in [4.69, 9.17) is 4.74 Å². The van der Waals surface area contributed by atoms with Crippen LogP contribution in [0.25, 0.3) is 0 Å². The van der Waals surface area contributed by atoms with E-state index in [1.54, 1.807) is 0 Å². The zero-order chi connectivity index (χ0) is 14.0. The van der Waals surface area contributed by atoms with Crippen LogP contribution in [0.5, 0.6) is 0 Å². The molecule has 0 bridgehead atoms. The zero-order valence-electron chi connectivity index (χ0n) is 11.6. The lowest BCUT2D eigenvalue weighted by Gasteiger charge is -2.56. The first kappa shape index (κ1) is 13.1. The van der Waals surface area contributed by atoms with Crippen LogP contribution in [0.3, 0.4) is 0 Å². The fraction of sp³-hybridized carbons (Fsp3) is 0.800. The maximum absolute atomic E-state index is 11.8. The summed E-state index contributed by atoms with van der Waals surface area (Å²) in [7, 11) is 0. The van der Waals surface area contributed by atoms with Crippen molar-refractivity contribution in [1.82, 2.24) is 0 Å². The highest BCUT2D eigenvalue weighted by molar-refractivity contribution is 5.91. The molecule has 6 unspecified atom stereocenters. The maximum atomic E-state index is 11.8. The molecule has 106 valence electrons. The van der Waals surface area contributed by atoms with E-state index in [-0.39, 0.29) is 17.3 Å². The van der Waals surface area contributed by atoms with Gasteiger partial charge in [-0.15, -0.1) is 0 Å². The molecule has 0 aromatic heterocycles. The highest BCUT2D eigenvalue weighted by Gasteiger charge is 2.62. The zero-order valence-corrected chi connectivity index (χ0v) is 11.6. The predicted octanol–water partition coefficient (Wildman–Crippen LogP) is 1.41. The molecule has 0 aromatic carbocycles. The number of carbonyl (C=O) groups is 1. The van der Waals surface area contributed by atoms with Crippen molar-refractivity contribution >= 4 is 5.97 Å². The van der Waals surface area contributed by atoms with Gasteiger partial charge < -0.3 is 14.9 Å². The first-order chi connectivity index (χ1) is 8.76. The summed E-state index contributed by atoms with van der Waals surface area (Å²) in [4.78, 5) is 11.8. The van der Waals surface area contributed by atoms with Crippen LogP contribution < -0.4 is 0 Å². The molecule has 2 aliphatic carbocycles. The van der Waals surface area contributed by atoms with Gasteiger partial charge in [-0.25, -0.2) is 4.79 Å². The molecule has 2 N–H and O–H groups in total. The van der Waals surface area contributed by atoms with Gasteiger partial charge in [0.2, 0.25) is 0 Å². The molecule has 0 spiro atoms. The Bertz CT molecular complexity index is 441. The summed E-state index contributed by atoms with van der Waals surface area (Å²) in [5.74, 6) is -0.889. The van der Waals surface area contributed by atoms with E-state index in [1.807, 2.05) is 6.92 Å². The van der Waals surface area contributed by atoms with Gasteiger partial charge in [0.1, 0.15) is 6.10 Å². The molecule has 4 nitrogen and oxygen atoms in total. The van der Waals surface area contributed by atoms with Gasteiger partial charge in [-0.05, 0) is 31.6 Å². The number of aliphatic hydroxyl groups is 2. The van der Waals surface area contributed by atoms with Crippen LogP contribution in [-0.2, 0) is 9.53 Å². The van der Waals surface area contributed by atoms with Gasteiger partial charge in [0.25, 0.3) is 0 Å². The smallest absolute Gasteiger partial charge is 0.334 e. The van der Waals surface area contributed by atoms with Crippen LogP contribution in [-0.4, -0.2) is 34.0 Å². The average Bonchev–Trinajstić information content (AvgIpc) is 2.52. The molecule has 0 radical (unpaired) electrons. The van der Waals surface area contributed by atoms with E-state index in [1.165, 1.54) is 0 Å². The summed E-state index contributed by atoms with van der Waals surface area (Å²) in [6.45, 7) is 7.69. The van der Waals surface area contributed by atoms with E-state index in [2.05, 4.69) is 13.5 Å². The van der Waals surface area contributed by atoms with Crippen molar-refractivity contribution in [3.8, 4) is 0 Å². The van der Waals surface area contributed by atoms with Gasteiger partial charge in [0, 0.05) is 11.5 Å². The summed E-state index contributed by atoms with van der Waals surface area (Å²) < 4.78 is 5.46. The van der Waals surface area contributed by atoms with E-state index in [0.717, 1.165) is 19.3 Å². The minimum atomic E-state index is -0.846. The Kier molecular flexibility index (Phi) is 2.64. The Balaban J connectivity index is 2.05. The molecule has 6 atom stereocenters. The van der Waals surface area contributed by atoms with E-state index >= 15 is 0 Å². The molecule has 19 heavy (non-hydrogen) atoms. The van der Waals surface area contributed by atoms with Crippen molar-refractivity contribution < 1.29 is 19.7 Å². The first-order valence-corrected chi connectivity index (χ1v) is 7.06. The van der Waals surface area contributed by atoms with E-state index in [9.17, 15) is 15.0 Å². The minimum Gasteiger partial charge on any atom is -0.458 e.